The van der Waals surface area contributed by atoms with Gasteiger partial charge in [0.15, 0.2) is 34.5 Å². The Balaban J connectivity index is 1.31. The van der Waals surface area contributed by atoms with Crippen molar-refractivity contribution >= 4 is 22.9 Å². The quantitative estimate of drug-likeness (QED) is 0.250. The number of fused-ring (bicyclic) bond motifs is 1. The minimum absolute atomic E-state index is 0.0510. The molecule has 0 saturated heterocycles. The standard InChI is InChI=1S/C27H20F2N8O2/c1-14(17-6-7-20(28)21(29)8-17)34-26(38)23-25(33-13-19(10-30)35-23)31-11-15-2-4-16(5-3-15)18-9-22-24(32-12-18)37-27(39)36-22/h2-9,12-14H,11H2,1H3,(H,31,33)(H,34,38)(H2,32,36,37,39). The summed E-state index contributed by atoms with van der Waals surface area (Å²) in [6.45, 7) is 1.91. The Labute approximate surface area is 219 Å². The molecular formula is C27H20F2N8O2. The highest BCUT2D eigenvalue weighted by Gasteiger charge is 2.19. The first-order chi connectivity index (χ1) is 18.8. The second-order valence-electron chi connectivity index (χ2n) is 8.68. The SMILES string of the molecule is CC(NC(=O)c1nc(C#N)cnc1NCc1ccc(-c2cnc3[nH]c(=O)[nH]c3c2)cc1)c1ccc(F)c(F)c1. The maximum absolute atomic E-state index is 13.6. The summed E-state index contributed by atoms with van der Waals surface area (Å²) in [5.74, 6) is -2.50. The van der Waals surface area contributed by atoms with Crippen LogP contribution in [0.25, 0.3) is 22.3 Å². The highest BCUT2D eigenvalue weighted by molar-refractivity contribution is 5.97. The van der Waals surface area contributed by atoms with E-state index in [1.54, 1.807) is 13.1 Å². The van der Waals surface area contributed by atoms with Crippen LogP contribution in [0, 0.1) is 23.0 Å². The van der Waals surface area contributed by atoms with Gasteiger partial charge in [0.05, 0.1) is 17.8 Å². The van der Waals surface area contributed by atoms with Crippen LogP contribution in [-0.4, -0.2) is 30.8 Å². The number of carbonyl (C=O) groups is 1. The second kappa shape index (κ2) is 10.5. The molecule has 1 unspecified atom stereocenters. The Morgan fingerprint density at radius 1 is 1.03 bits per heavy atom. The van der Waals surface area contributed by atoms with Crippen molar-refractivity contribution in [1.82, 2.24) is 30.2 Å². The highest BCUT2D eigenvalue weighted by atomic mass is 19.2. The Hall–Kier alpha value is -5.44. The fourth-order valence-electron chi connectivity index (χ4n) is 3.94. The number of benzene rings is 2. The number of halogens is 2. The molecule has 3 aromatic heterocycles. The van der Waals surface area contributed by atoms with E-state index in [1.165, 1.54) is 12.3 Å². The fourth-order valence-corrected chi connectivity index (χ4v) is 3.94. The van der Waals surface area contributed by atoms with E-state index in [-0.39, 0.29) is 22.9 Å². The number of amides is 1. The highest BCUT2D eigenvalue weighted by Crippen LogP contribution is 2.22. The van der Waals surface area contributed by atoms with Crippen molar-refractivity contribution in [3.8, 4) is 17.2 Å². The molecule has 0 aliphatic rings. The molecule has 12 heteroatoms. The van der Waals surface area contributed by atoms with Crippen LogP contribution in [0.2, 0.25) is 0 Å². The fraction of sp³-hybridized carbons (Fsp3) is 0.111. The number of aromatic nitrogens is 5. The number of nitrogens with one attached hydrogen (secondary N) is 4. The lowest BCUT2D eigenvalue weighted by Crippen LogP contribution is -2.29. The summed E-state index contributed by atoms with van der Waals surface area (Å²) in [6.07, 6.45) is 2.91. The zero-order chi connectivity index (χ0) is 27.5. The van der Waals surface area contributed by atoms with E-state index in [0.717, 1.165) is 28.8 Å². The van der Waals surface area contributed by atoms with Crippen molar-refractivity contribution in [2.75, 3.05) is 5.32 Å². The molecule has 0 aliphatic carbocycles. The molecule has 0 bridgehead atoms. The van der Waals surface area contributed by atoms with E-state index in [4.69, 9.17) is 0 Å². The molecule has 5 rings (SSSR count). The molecule has 0 aliphatic heterocycles. The average molecular weight is 527 g/mol. The van der Waals surface area contributed by atoms with Gasteiger partial charge in [0, 0.05) is 18.3 Å². The first-order valence-corrected chi connectivity index (χ1v) is 11.7. The molecule has 39 heavy (non-hydrogen) atoms. The number of hydrogen-bond donors (Lipinski definition) is 4. The first kappa shape index (κ1) is 25.2. The molecule has 0 spiro atoms. The van der Waals surface area contributed by atoms with Gasteiger partial charge in [0.25, 0.3) is 5.91 Å². The normalized spacial score (nSPS) is 11.6. The number of nitrogens with zero attached hydrogens (tertiary/aromatic N) is 4. The van der Waals surface area contributed by atoms with E-state index in [9.17, 15) is 23.6 Å². The number of rotatable bonds is 7. The Morgan fingerprint density at radius 3 is 2.56 bits per heavy atom. The van der Waals surface area contributed by atoms with Gasteiger partial charge >= 0.3 is 5.69 Å². The zero-order valence-electron chi connectivity index (χ0n) is 20.4. The van der Waals surface area contributed by atoms with E-state index in [1.807, 2.05) is 36.4 Å². The van der Waals surface area contributed by atoms with Gasteiger partial charge in [0.1, 0.15) is 6.07 Å². The van der Waals surface area contributed by atoms with Gasteiger partial charge in [-0.2, -0.15) is 5.26 Å². The third-order valence-corrected chi connectivity index (χ3v) is 6.01. The van der Waals surface area contributed by atoms with Crippen molar-refractivity contribution in [2.45, 2.75) is 19.5 Å². The van der Waals surface area contributed by atoms with Crippen molar-refractivity contribution in [3.63, 3.8) is 0 Å². The molecule has 0 radical (unpaired) electrons. The van der Waals surface area contributed by atoms with E-state index >= 15 is 0 Å². The van der Waals surface area contributed by atoms with Crippen molar-refractivity contribution < 1.29 is 13.6 Å². The minimum Gasteiger partial charge on any atom is -0.364 e. The summed E-state index contributed by atoms with van der Waals surface area (Å²) in [5, 5.41) is 15.0. The molecule has 10 nitrogen and oxygen atoms in total. The van der Waals surface area contributed by atoms with Crippen LogP contribution in [0.1, 0.15) is 40.3 Å². The lowest BCUT2D eigenvalue weighted by molar-refractivity contribution is 0.0935. The van der Waals surface area contributed by atoms with Crippen LogP contribution in [0.4, 0.5) is 14.6 Å². The lowest BCUT2D eigenvalue weighted by atomic mass is 10.1. The molecule has 4 N–H and O–H groups in total. The molecule has 2 aromatic carbocycles. The van der Waals surface area contributed by atoms with Crippen LogP contribution < -0.4 is 16.3 Å². The van der Waals surface area contributed by atoms with Crippen LogP contribution in [0.5, 0.6) is 0 Å². The summed E-state index contributed by atoms with van der Waals surface area (Å²) in [6, 6.07) is 13.9. The monoisotopic (exact) mass is 526 g/mol. The summed E-state index contributed by atoms with van der Waals surface area (Å²) in [7, 11) is 0. The van der Waals surface area contributed by atoms with Crippen LogP contribution in [-0.2, 0) is 6.54 Å². The topological polar surface area (TPSA) is 152 Å². The van der Waals surface area contributed by atoms with Gasteiger partial charge in [0.2, 0.25) is 0 Å². The number of nitriles is 1. The number of aromatic amines is 2. The predicted octanol–water partition coefficient (Wildman–Crippen LogP) is 3.96. The van der Waals surface area contributed by atoms with Gasteiger partial charge in [-0.25, -0.2) is 28.5 Å². The van der Waals surface area contributed by atoms with E-state index in [2.05, 4.69) is 35.6 Å². The van der Waals surface area contributed by atoms with Gasteiger partial charge < -0.3 is 15.6 Å². The first-order valence-electron chi connectivity index (χ1n) is 11.7. The molecule has 1 atom stereocenters. The van der Waals surface area contributed by atoms with Crippen molar-refractivity contribution in [1.29, 1.82) is 5.26 Å². The van der Waals surface area contributed by atoms with Crippen molar-refractivity contribution in [2.24, 2.45) is 0 Å². The average Bonchev–Trinajstić information content (AvgIpc) is 3.32. The lowest BCUT2D eigenvalue weighted by Gasteiger charge is -2.16. The number of carbonyl (C=O) groups excluding carboxylic acids is 1. The van der Waals surface area contributed by atoms with Crippen molar-refractivity contribution in [3.05, 3.63) is 106 Å². The largest absolute Gasteiger partial charge is 0.364 e. The van der Waals surface area contributed by atoms with Gasteiger partial charge in [-0.05, 0) is 41.8 Å². The molecule has 194 valence electrons. The zero-order valence-corrected chi connectivity index (χ0v) is 20.4. The number of pyridine rings is 1. The molecular weight excluding hydrogens is 506 g/mol. The van der Waals surface area contributed by atoms with Crippen LogP contribution in [0.15, 0.2) is 65.7 Å². The van der Waals surface area contributed by atoms with E-state index in [0.29, 0.717) is 23.3 Å². The maximum Gasteiger partial charge on any atom is 0.325 e. The molecule has 1 amide bonds. The second-order valence-corrected chi connectivity index (χ2v) is 8.68. The third kappa shape index (κ3) is 5.47. The predicted molar refractivity (Wildman–Crippen MR) is 138 cm³/mol. The number of anilines is 1. The summed E-state index contributed by atoms with van der Waals surface area (Å²) in [4.78, 5) is 42.3. The molecule has 0 fully saturated rings. The minimum atomic E-state index is -1.02. The summed E-state index contributed by atoms with van der Waals surface area (Å²) in [5.41, 5.74) is 3.54. The summed E-state index contributed by atoms with van der Waals surface area (Å²) >= 11 is 0. The van der Waals surface area contributed by atoms with E-state index < -0.39 is 23.6 Å². The van der Waals surface area contributed by atoms with Gasteiger partial charge in [-0.15, -0.1) is 0 Å². The number of imidazole rings is 1. The van der Waals surface area contributed by atoms with Crippen LogP contribution in [0.3, 0.4) is 0 Å². The van der Waals surface area contributed by atoms with Crippen LogP contribution >= 0.6 is 0 Å². The Kier molecular flexibility index (Phi) is 6.79. The number of hydrogen-bond acceptors (Lipinski definition) is 7. The molecule has 5 aromatic rings. The smallest absolute Gasteiger partial charge is 0.325 e. The van der Waals surface area contributed by atoms with Gasteiger partial charge in [-0.3, -0.25) is 9.78 Å². The number of H-pyrrole nitrogens is 2. The summed E-state index contributed by atoms with van der Waals surface area (Å²) < 4.78 is 26.9. The Morgan fingerprint density at radius 2 is 1.82 bits per heavy atom. The third-order valence-electron chi connectivity index (χ3n) is 6.01. The molecule has 0 saturated carbocycles. The Bertz CT molecular complexity index is 1790. The maximum atomic E-state index is 13.6. The van der Waals surface area contributed by atoms with Gasteiger partial charge in [-0.1, -0.05) is 30.3 Å². The molecule has 3 heterocycles.